The summed E-state index contributed by atoms with van der Waals surface area (Å²) in [6.07, 6.45) is 7.54. The van der Waals surface area contributed by atoms with E-state index in [1.807, 2.05) is 18.5 Å². The van der Waals surface area contributed by atoms with Crippen LogP contribution in [0.2, 0.25) is 0 Å². The summed E-state index contributed by atoms with van der Waals surface area (Å²) >= 11 is 2.08. The lowest BCUT2D eigenvalue weighted by Crippen LogP contribution is -2.59. The van der Waals surface area contributed by atoms with Crippen molar-refractivity contribution in [2.75, 3.05) is 43.6 Å². The van der Waals surface area contributed by atoms with Crippen molar-refractivity contribution in [3.63, 3.8) is 0 Å². The summed E-state index contributed by atoms with van der Waals surface area (Å²) in [7, 11) is 0. The van der Waals surface area contributed by atoms with Crippen LogP contribution in [0, 0.1) is 5.92 Å². The van der Waals surface area contributed by atoms with Crippen LogP contribution in [0.1, 0.15) is 19.3 Å². The molecule has 3 saturated heterocycles. The second kappa shape index (κ2) is 6.34. The van der Waals surface area contributed by atoms with Gasteiger partial charge in [-0.1, -0.05) is 0 Å². The smallest absolute Gasteiger partial charge is 0.225 e. The van der Waals surface area contributed by atoms with Crippen molar-refractivity contribution in [1.82, 2.24) is 9.97 Å². The van der Waals surface area contributed by atoms with Gasteiger partial charge < -0.3 is 14.4 Å². The molecule has 22 heavy (non-hydrogen) atoms. The molecule has 6 heteroatoms. The van der Waals surface area contributed by atoms with Gasteiger partial charge in [0.15, 0.2) is 0 Å². The Morgan fingerprint density at radius 3 is 2.82 bits per heavy atom. The van der Waals surface area contributed by atoms with Crippen LogP contribution in [-0.2, 0) is 9.47 Å². The summed E-state index contributed by atoms with van der Waals surface area (Å²) in [5.41, 5.74) is 0. The van der Waals surface area contributed by atoms with E-state index < -0.39 is 0 Å². The van der Waals surface area contributed by atoms with Gasteiger partial charge in [-0.2, -0.15) is 0 Å². The molecule has 0 amide bonds. The number of anilines is 1. The largest absolute Gasteiger partial charge is 0.381 e. The fourth-order valence-corrected chi connectivity index (χ4v) is 5.11. The number of hydrogen-bond donors (Lipinski definition) is 0. The third-order valence-electron chi connectivity index (χ3n) is 4.88. The Labute approximate surface area is 135 Å². The predicted octanol–water partition coefficient (Wildman–Crippen LogP) is 1.98. The molecule has 0 saturated carbocycles. The zero-order valence-electron chi connectivity index (χ0n) is 12.8. The minimum absolute atomic E-state index is 0.375. The molecule has 0 N–H and O–H groups in total. The number of aromatic nitrogens is 2. The highest BCUT2D eigenvalue weighted by atomic mass is 32.2. The normalized spacial score (nSPS) is 28.0. The van der Waals surface area contributed by atoms with Gasteiger partial charge >= 0.3 is 0 Å². The first kappa shape index (κ1) is 14.7. The molecule has 3 fully saturated rings. The van der Waals surface area contributed by atoms with E-state index >= 15 is 0 Å². The van der Waals surface area contributed by atoms with Crippen LogP contribution >= 0.6 is 11.8 Å². The SMILES string of the molecule is c1cnc(N2CC3(C[C@@H](OCC4CCOCC4)CS3)C2)nc1. The predicted molar refractivity (Wildman–Crippen MR) is 87.3 cm³/mol. The van der Waals surface area contributed by atoms with Crippen molar-refractivity contribution >= 4 is 17.7 Å². The maximum atomic E-state index is 6.19. The zero-order chi connectivity index (χ0) is 14.8. The van der Waals surface area contributed by atoms with E-state index in [-0.39, 0.29) is 0 Å². The number of thioether (sulfide) groups is 1. The summed E-state index contributed by atoms with van der Waals surface area (Å²) in [5, 5.41) is 0. The zero-order valence-corrected chi connectivity index (χ0v) is 13.6. The molecule has 0 bridgehead atoms. The molecule has 1 spiro atoms. The summed E-state index contributed by atoms with van der Waals surface area (Å²) in [4.78, 5) is 10.9. The monoisotopic (exact) mass is 321 g/mol. The van der Waals surface area contributed by atoms with Crippen molar-refractivity contribution in [2.45, 2.75) is 30.1 Å². The fourth-order valence-electron chi connectivity index (χ4n) is 3.56. The molecule has 1 atom stereocenters. The molecule has 4 heterocycles. The van der Waals surface area contributed by atoms with Crippen LogP contribution in [0.5, 0.6) is 0 Å². The molecular formula is C16H23N3O2S. The molecule has 4 rings (SSSR count). The third kappa shape index (κ3) is 3.09. The van der Waals surface area contributed by atoms with Crippen LogP contribution in [-0.4, -0.2) is 59.5 Å². The molecule has 0 aliphatic carbocycles. The lowest BCUT2D eigenvalue weighted by Gasteiger charge is -2.47. The second-order valence-corrected chi connectivity index (χ2v) is 8.10. The van der Waals surface area contributed by atoms with Crippen molar-refractivity contribution in [1.29, 1.82) is 0 Å². The highest BCUT2D eigenvalue weighted by Gasteiger charge is 2.50. The maximum Gasteiger partial charge on any atom is 0.225 e. The highest BCUT2D eigenvalue weighted by Crippen LogP contribution is 2.46. The van der Waals surface area contributed by atoms with E-state index in [4.69, 9.17) is 9.47 Å². The molecule has 0 radical (unpaired) electrons. The first-order valence-electron chi connectivity index (χ1n) is 8.18. The fraction of sp³-hybridized carbons (Fsp3) is 0.750. The Kier molecular flexibility index (Phi) is 4.24. The number of nitrogens with zero attached hydrogens (tertiary/aromatic N) is 3. The van der Waals surface area contributed by atoms with E-state index in [0.717, 1.165) is 57.5 Å². The van der Waals surface area contributed by atoms with E-state index in [1.165, 1.54) is 6.42 Å². The van der Waals surface area contributed by atoms with Gasteiger partial charge in [0.1, 0.15) is 0 Å². The topological polar surface area (TPSA) is 47.5 Å². The van der Waals surface area contributed by atoms with Gasteiger partial charge in [-0.25, -0.2) is 9.97 Å². The van der Waals surface area contributed by atoms with Crippen molar-refractivity contribution in [3.8, 4) is 0 Å². The summed E-state index contributed by atoms with van der Waals surface area (Å²) < 4.78 is 12.0. The van der Waals surface area contributed by atoms with Gasteiger partial charge in [-0.3, -0.25) is 0 Å². The number of hydrogen-bond acceptors (Lipinski definition) is 6. The van der Waals surface area contributed by atoms with Gasteiger partial charge in [0, 0.05) is 51.1 Å². The first-order chi connectivity index (χ1) is 10.8. The Morgan fingerprint density at radius 2 is 2.05 bits per heavy atom. The second-order valence-electron chi connectivity index (χ2n) is 6.61. The van der Waals surface area contributed by atoms with Gasteiger partial charge in [0.2, 0.25) is 5.95 Å². The van der Waals surface area contributed by atoms with Crippen molar-refractivity contribution < 1.29 is 9.47 Å². The van der Waals surface area contributed by atoms with E-state index in [1.54, 1.807) is 0 Å². The van der Waals surface area contributed by atoms with E-state index in [2.05, 4.69) is 26.6 Å². The van der Waals surface area contributed by atoms with Crippen LogP contribution in [0.4, 0.5) is 5.95 Å². The number of rotatable bonds is 4. The van der Waals surface area contributed by atoms with Crippen molar-refractivity contribution in [3.05, 3.63) is 18.5 Å². The quantitative estimate of drug-likeness (QED) is 0.845. The van der Waals surface area contributed by atoms with Gasteiger partial charge in [-0.05, 0) is 31.2 Å². The lowest BCUT2D eigenvalue weighted by molar-refractivity contribution is -0.00652. The average molecular weight is 321 g/mol. The minimum Gasteiger partial charge on any atom is -0.381 e. The first-order valence-corrected chi connectivity index (χ1v) is 9.17. The van der Waals surface area contributed by atoms with E-state index in [9.17, 15) is 0 Å². The van der Waals surface area contributed by atoms with Gasteiger partial charge in [-0.15, -0.1) is 11.8 Å². The van der Waals surface area contributed by atoms with Crippen LogP contribution < -0.4 is 4.90 Å². The van der Waals surface area contributed by atoms with Crippen molar-refractivity contribution in [2.24, 2.45) is 5.92 Å². The number of ether oxygens (including phenoxy) is 2. The van der Waals surface area contributed by atoms with Crippen LogP contribution in [0.3, 0.4) is 0 Å². The molecule has 1 aromatic heterocycles. The average Bonchev–Trinajstić information content (AvgIpc) is 2.98. The highest BCUT2D eigenvalue weighted by molar-refractivity contribution is 8.01. The summed E-state index contributed by atoms with van der Waals surface area (Å²) in [5.74, 6) is 2.69. The molecule has 120 valence electrons. The van der Waals surface area contributed by atoms with Gasteiger partial charge in [0.05, 0.1) is 10.9 Å². The molecule has 1 aromatic rings. The maximum absolute atomic E-state index is 6.19. The minimum atomic E-state index is 0.375. The molecular weight excluding hydrogens is 298 g/mol. The molecule has 5 nitrogen and oxygen atoms in total. The Balaban J connectivity index is 1.23. The van der Waals surface area contributed by atoms with Gasteiger partial charge in [0.25, 0.3) is 0 Å². The van der Waals surface area contributed by atoms with Crippen LogP contribution in [0.25, 0.3) is 0 Å². The molecule has 3 aliphatic heterocycles. The van der Waals surface area contributed by atoms with E-state index in [0.29, 0.717) is 16.8 Å². The van der Waals surface area contributed by atoms with Crippen LogP contribution in [0.15, 0.2) is 18.5 Å². The Morgan fingerprint density at radius 1 is 1.27 bits per heavy atom. The Hall–Kier alpha value is -0.850. The molecule has 3 aliphatic rings. The Bertz CT molecular complexity index is 489. The standard InChI is InChI=1S/C16H23N3O2S/c1-4-17-15(18-5-1)19-11-16(12-19)8-14(10-22-16)21-9-13-2-6-20-7-3-13/h1,4-5,13-14H,2-3,6-12H2/t14-/m1/s1. The molecule has 0 aromatic carbocycles. The summed E-state index contributed by atoms with van der Waals surface area (Å²) in [6.45, 7) is 4.83. The summed E-state index contributed by atoms with van der Waals surface area (Å²) in [6, 6.07) is 1.86. The lowest BCUT2D eigenvalue weighted by atomic mass is 9.93. The molecule has 0 unspecified atom stereocenters. The third-order valence-corrected chi connectivity index (χ3v) is 6.45.